The number of unbranched alkanes of at least 4 members (excludes halogenated alkanes) is 23. The normalized spacial score (nSPS) is 30.9. The van der Waals surface area contributed by atoms with Crippen LogP contribution in [0, 0.1) is 0 Å². The third-order valence-electron chi connectivity index (χ3n) is 14.9. The van der Waals surface area contributed by atoms with E-state index in [1.165, 1.54) is 103 Å². The lowest BCUT2D eigenvalue weighted by Gasteiger charge is -2.48. The van der Waals surface area contributed by atoms with Crippen molar-refractivity contribution in [3.8, 4) is 0 Å². The molecule has 0 saturated carbocycles. The standard InChI is InChI=1S/C58H105NO18/c1-3-5-7-9-11-13-15-16-17-18-19-20-21-22-23-24-26-28-30-32-34-36-46(64)59-41(42(63)35-33-31-29-27-25-14-12-10-8-6-4-2)40-72-56-52(70)49(67)54(44(38-61)74-56)77-58-53(71)50(68)55(45(39-62)75-58)76-57-51(69)48(66)47(65)43(37-60)73-57/h15-16,18-19,33,35,41-45,47-58,60-63,65-71H,3-14,17,20-32,34,36-40H2,1-2H3,(H,59,64)/b16-15-,19-18-,35-33+. The molecular weight excluding hydrogens is 999 g/mol. The molecule has 19 nitrogen and oxygen atoms in total. The summed E-state index contributed by atoms with van der Waals surface area (Å²) in [5.41, 5.74) is 0. The van der Waals surface area contributed by atoms with Crippen molar-refractivity contribution in [3.05, 3.63) is 36.5 Å². The summed E-state index contributed by atoms with van der Waals surface area (Å²) in [7, 11) is 0. The number of hydrogen-bond donors (Lipinski definition) is 12. The number of amides is 1. The summed E-state index contributed by atoms with van der Waals surface area (Å²) in [4.78, 5) is 13.3. The Bertz CT molecular complexity index is 1550. The van der Waals surface area contributed by atoms with Crippen LogP contribution >= 0.6 is 0 Å². The molecule has 19 heteroatoms. The van der Waals surface area contributed by atoms with Gasteiger partial charge in [0.25, 0.3) is 0 Å². The number of carbonyl (C=O) groups excluding carboxylic acids is 1. The summed E-state index contributed by atoms with van der Waals surface area (Å²) in [6.07, 6.45) is 17.0. The molecule has 0 spiro atoms. The van der Waals surface area contributed by atoms with Gasteiger partial charge in [0.1, 0.15) is 73.2 Å². The molecular formula is C58H105NO18. The highest BCUT2D eigenvalue weighted by Crippen LogP contribution is 2.33. The minimum atomic E-state index is -1.98. The Labute approximate surface area is 460 Å². The topological polar surface area (TPSA) is 307 Å². The largest absolute Gasteiger partial charge is 0.394 e. The van der Waals surface area contributed by atoms with E-state index in [4.69, 9.17) is 28.4 Å². The molecule has 0 radical (unpaired) electrons. The van der Waals surface area contributed by atoms with Crippen LogP contribution in [0.3, 0.4) is 0 Å². The lowest BCUT2D eigenvalue weighted by Crippen LogP contribution is -2.66. The highest BCUT2D eigenvalue weighted by molar-refractivity contribution is 5.76. The Morgan fingerprint density at radius 1 is 0.468 bits per heavy atom. The van der Waals surface area contributed by atoms with Gasteiger partial charge in [-0.05, 0) is 51.4 Å². The van der Waals surface area contributed by atoms with Crippen LogP contribution in [0.5, 0.6) is 0 Å². The zero-order valence-electron chi connectivity index (χ0n) is 46.7. The van der Waals surface area contributed by atoms with Crippen LogP contribution in [-0.4, -0.2) is 193 Å². The molecule has 3 aliphatic heterocycles. The second-order valence-corrected chi connectivity index (χ2v) is 21.5. The van der Waals surface area contributed by atoms with E-state index in [-0.39, 0.29) is 18.9 Å². The molecule has 3 heterocycles. The first kappa shape index (κ1) is 69.3. The Morgan fingerprint density at radius 3 is 1.32 bits per heavy atom. The van der Waals surface area contributed by atoms with Crippen molar-refractivity contribution >= 4 is 5.91 Å². The van der Waals surface area contributed by atoms with Crippen molar-refractivity contribution < 1.29 is 89.4 Å². The number of aliphatic hydroxyl groups excluding tert-OH is 11. The maximum absolute atomic E-state index is 13.3. The molecule has 3 rings (SSSR count). The quantitative estimate of drug-likeness (QED) is 0.0285. The zero-order valence-corrected chi connectivity index (χ0v) is 46.7. The number of ether oxygens (including phenoxy) is 6. The third-order valence-corrected chi connectivity index (χ3v) is 14.9. The van der Waals surface area contributed by atoms with Crippen molar-refractivity contribution in [3.63, 3.8) is 0 Å². The van der Waals surface area contributed by atoms with Crippen molar-refractivity contribution in [2.75, 3.05) is 26.4 Å². The average molecular weight is 1100 g/mol. The zero-order chi connectivity index (χ0) is 56.2. The van der Waals surface area contributed by atoms with Crippen LogP contribution in [0.1, 0.15) is 194 Å². The Morgan fingerprint density at radius 2 is 0.857 bits per heavy atom. The van der Waals surface area contributed by atoms with E-state index in [9.17, 15) is 61.0 Å². The molecule has 450 valence electrons. The summed E-state index contributed by atoms with van der Waals surface area (Å²) in [6, 6.07) is -0.973. The summed E-state index contributed by atoms with van der Waals surface area (Å²) in [5.74, 6) is -0.282. The molecule has 3 saturated heterocycles. The first-order valence-corrected chi connectivity index (χ1v) is 29.7. The van der Waals surface area contributed by atoms with E-state index in [1.54, 1.807) is 6.08 Å². The minimum absolute atomic E-state index is 0.238. The lowest BCUT2D eigenvalue weighted by atomic mass is 9.96. The first-order chi connectivity index (χ1) is 37.3. The molecule has 17 unspecified atom stereocenters. The number of rotatable bonds is 43. The highest BCUT2D eigenvalue weighted by atomic mass is 16.8. The molecule has 0 aromatic carbocycles. The average Bonchev–Trinajstić information content (AvgIpc) is 3.44. The summed E-state index contributed by atoms with van der Waals surface area (Å²) >= 11 is 0. The molecule has 0 aromatic heterocycles. The maximum atomic E-state index is 13.3. The number of carbonyl (C=O) groups is 1. The van der Waals surface area contributed by atoms with Crippen LogP contribution in [0.15, 0.2) is 36.5 Å². The van der Waals surface area contributed by atoms with Crippen LogP contribution < -0.4 is 5.32 Å². The van der Waals surface area contributed by atoms with Gasteiger partial charge in [-0.3, -0.25) is 4.79 Å². The van der Waals surface area contributed by atoms with E-state index in [1.807, 2.05) is 6.08 Å². The van der Waals surface area contributed by atoms with Gasteiger partial charge in [0.2, 0.25) is 5.91 Å². The van der Waals surface area contributed by atoms with E-state index in [2.05, 4.69) is 43.5 Å². The Balaban J connectivity index is 1.48. The van der Waals surface area contributed by atoms with Gasteiger partial charge in [0, 0.05) is 6.42 Å². The van der Waals surface area contributed by atoms with Gasteiger partial charge in [0.15, 0.2) is 18.9 Å². The predicted octanol–water partition coefficient (Wildman–Crippen LogP) is 4.93. The van der Waals surface area contributed by atoms with E-state index in [0.717, 1.165) is 64.2 Å². The summed E-state index contributed by atoms with van der Waals surface area (Å²) in [6.45, 7) is 1.68. The molecule has 3 aliphatic rings. The Kier molecular flexibility index (Phi) is 37.7. The monoisotopic (exact) mass is 1100 g/mol. The van der Waals surface area contributed by atoms with Crippen LogP contribution in [0.25, 0.3) is 0 Å². The molecule has 77 heavy (non-hydrogen) atoms. The molecule has 0 bridgehead atoms. The second-order valence-electron chi connectivity index (χ2n) is 21.5. The molecule has 0 aliphatic carbocycles. The molecule has 12 N–H and O–H groups in total. The molecule has 1 amide bonds. The van der Waals surface area contributed by atoms with Crippen LogP contribution in [0.2, 0.25) is 0 Å². The minimum Gasteiger partial charge on any atom is -0.394 e. The summed E-state index contributed by atoms with van der Waals surface area (Å²) < 4.78 is 34.2. The summed E-state index contributed by atoms with van der Waals surface area (Å²) in [5, 5.41) is 120. The second kappa shape index (κ2) is 41.9. The van der Waals surface area contributed by atoms with Crippen molar-refractivity contribution in [1.29, 1.82) is 0 Å². The van der Waals surface area contributed by atoms with Gasteiger partial charge < -0.3 is 89.9 Å². The van der Waals surface area contributed by atoms with Gasteiger partial charge in [-0.15, -0.1) is 0 Å². The van der Waals surface area contributed by atoms with Gasteiger partial charge in [-0.2, -0.15) is 0 Å². The smallest absolute Gasteiger partial charge is 0.220 e. The fourth-order valence-electron chi connectivity index (χ4n) is 9.98. The Hall–Kier alpha value is -1.99. The number of allylic oxidation sites excluding steroid dienone is 5. The number of nitrogens with one attached hydrogen (secondary N) is 1. The number of aliphatic hydroxyl groups is 11. The SMILES string of the molecule is CCCCCCC/C=C\C/C=C\CCCCCCCCCCCC(=O)NC(COC1OC(CO)C(OC2OC(CO)C(OC3OC(CO)C(O)C(O)C3O)C(O)C2O)C(O)C1O)C(O)/C=C/CCCCCCCCCCC. The van der Waals surface area contributed by atoms with E-state index < -0.39 is 124 Å². The van der Waals surface area contributed by atoms with Crippen LogP contribution in [0.4, 0.5) is 0 Å². The van der Waals surface area contributed by atoms with Gasteiger partial charge in [0.05, 0.1) is 38.6 Å². The highest BCUT2D eigenvalue weighted by Gasteiger charge is 2.53. The fourth-order valence-corrected chi connectivity index (χ4v) is 9.98. The molecule has 3 fully saturated rings. The number of hydrogen-bond acceptors (Lipinski definition) is 18. The van der Waals surface area contributed by atoms with E-state index >= 15 is 0 Å². The maximum Gasteiger partial charge on any atom is 0.220 e. The first-order valence-electron chi connectivity index (χ1n) is 29.7. The van der Waals surface area contributed by atoms with Crippen molar-refractivity contribution in [2.24, 2.45) is 0 Å². The van der Waals surface area contributed by atoms with Crippen molar-refractivity contribution in [1.82, 2.24) is 5.32 Å². The van der Waals surface area contributed by atoms with Crippen LogP contribution in [-0.2, 0) is 33.2 Å². The third kappa shape index (κ3) is 26.2. The predicted molar refractivity (Wildman–Crippen MR) is 291 cm³/mol. The molecule has 17 atom stereocenters. The van der Waals surface area contributed by atoms with Gasteiger partial charge in [-0.1, -0.05) is 172 Å². The fraction of sp³-hybridized carbons (Fsp3) is 0.879. The lowest BCUT2D eigenvalue weighted by molar-refractivity contribution is -0.379. The van der Waals surface area contributed by atoms with Crippen molar-refractivity contribution in [2.45, 2.75) is 298 Å². The van der Waals surface area contributed by atoms with Gasteiger partial charge in [-0.25, -0.2) is 0 Å². The molecule has 0 aromatic rings. The van der Waals surface area contributed by atoms with E-state index in [0.29, 0.717) is 6.42 Å². The van der Waals surface area contributed by atoms with Gasteiger partial charge >= 0.3 is 0 Å².